The molecule has 0 fully saturated rings. The molecule has 0 aliphatic carbocycles. The summed E-state index contributed by atoms with van der Waals surface area (Å²) in [5.74, 6) is 1.62. The van der Waals surface area contributed by atoms with E-state index in [0.29, 0.717) is 18.8 Å². The molecule has 1 aromatic carbocycles. The number of rotatable bonds is 6. The third kappa shape index (κ3) is 3.76. The van der Waals surface area contributed by atoms with Crippen LogP contribution in [0.25, 0.3) is 0 Å². The van der Waals surface area contributed by atoms with Crippen molar-refractivity contribution in [3.8, 4) is 17.6 Å². The highest BCUT2D eigenvalue weighted by Gasteiger charge is 2.09. The summed E-state index contributed by atoms with van der Waals surface area (Å²) in [6.45, 7) is 5.09. The molecule has 0 saturated heterocycles. The molecule has 0 aliphatic heterocycles. The van der Waals surface area contributed by atoms with Gasteiger partial charge in [0.15, 0.2) is 5.75 Å². The molecule has 0 spiro atoms. The fourth-order valence-corrected chi connectivity index (χ4v) is 2.01. The van der Waals surface area contributed by atoms with E-state index in [1.165, 1.54) is 0 Å². The monoisotopic (exact) mass is 285 g/mol. The Morgan fingerprint density at radius 3 is 2.38 bits per heavy atom. The number of hydrogen-bond donors (Lipinski definition) is 0. The molecule has 1 heterocycles. The van der Waals surface area contributed by atoms with E-state index in [2.05, 4.69) is 11.2 Å². The van der Waals surface area contributed by atoms with Gasteiger partial charge in [-0.1, -0.05) is 0 Å². The minimum absolute atomic E-state index is 0.574. The molecule has 0 atom stereocenters. The average molecular weight is 285 g/mol. The standard InChI is InChI=1S/C16H19N3O2/c1-12-16(13(2)19(3)18-12)21-10-4-9-20-15-7-5-14(11-17)6-8-15/h5-8H,4,9-10H2,1-3H3. The first-order chi connectivity index (χ1) is 10.1. The smallest absolute Gasteiger partial charge is 0.162 e. The summed E-state index contributed by atoms with van der Waals surface area (Å²) in [5, 5.41) is 13.0. The molecule has 21 heavy (non-hydrogen) atoms. The molecule has 110 valence electrons. The van der Waals surface area contributed by atoms with Gasteiger partial charge in [-0.3, -0.25) is 4.68 Å². The molecule has 0 radical (unpaired) electrons. The van der Waals surface area contributed by atoms with Gasteiger partial charge in [-0.25, -0.2) is 0 Å². The van der Waals surface area contributed by atoms with Gasteiger partial charge in [0.25, 0.3) is 0 Å². The lowest BCUT2D eigenvalue weighted by Crippen LogP contribution is -2.06. The zero-order chi connectivity index (χ0) is 15.2. The predicted octanol–water partition coefficient (Wildman–Crippen LogP) is 2.76. The molecule has 0 saturated carbocycles. The van der Waals surface area contributed by atoms with Crippen molar-refractivity contribution < 1.29 is 9.47 Å². The number of aryl methyl sites for hydroxylation is 2. The Morgan fingerprint density at radius 1 is 1.14 bits per heavy atom. The summed E-state index contributed by atoms with van der Waals surface area (Å²) >= 11 is 0. The van der Waals surface area contributed by atoms with Crippen molar-refractivity contribution >= 4 is 0 Å². The van der Waals surface area contributed by atoms with Crippen LogP contribution in [0.2, 0.25) is 0 Å². The molecule has 0 N–H and O–H groups in total. The van der Waals surface area contributed by atoms with Gasteiger partial charge in [-0.2, -0.15) is 10.4 Å². The van der Waals surface area contributed by atoms with Crippen LogP contribution in [0.4, 0.5) is 0 Å². The van der Waals surface area contributed by atoms with Gasteiger partial charge in [0.2, 0.25) is 0 Å². The third-order valence-electron chi connectivity index (χ3n) is 3.23. The summed E-state index contributed by atoms with van der Waals surface area (Å²) in [6, 6.07) is 9.17. The van der Waals surface area contributed by atoms with Crippen LogP contribution in [0.15, 0.2) is 24.3 Å². The van der Waals surface area contributed by atoms with E-state index in [1.807, 2.05) is 25.6 Å². The zero-order valence-electron chi connectivity index (χ0n) is 12.6. The molecule has 2 aromatic rings. The lowest BCUT2D eigenvalue weighted by Gasteiger charge is -2.08. The molecule has 1 aromatic heterocycles. The van der Waals surface area contributed by atoms with Gasteiger partial charge in [0.1, 0.15) is 11.4 Å². The summed E-state index contributed by atoms with van der Waals surface area (Å²) < 4.78 is 13.2. The van der Waals surface area contributed by atoms with E-state index in [9.17, 15) is 0 Å². The maximum absolute atomic E-state index is 8.72. The normalized spacial score (nSPS) is 10.2. The van der Waals surface area contributed by atoms with Gasteiger partial charge in [0.05, 0.1) is 30.5 Å². The Balaban J connectivity index is 1.73. The first-order valence-electron chi connectivity index (χ1n) is 6.87. The summed E-state index contributed by atoms with van der Waals surface area (Å²) in [4.78, 5) is 0. The van der Waals surface area contributed by atoms with Crippen molar-refractivity contribution in [1.82, 2.24) is 9.78 Å². The van der Waals surface area contributed by atoms with Crippen LogP contribution in [0, 0.1) is 25.2 Å². The lowest BCUT2D eigenvalue weighted by molar-refractivity contribution is 0.245. The Bertz CT molecular complexity index is 639. The van der Waals surface area contributed by atoms with E-state index in [-0.39, 0.29) is 0 Å². The number of ether oxygens (including phenoxy) is 2. The van der Waals surface area contributed by atoms with Crippen LogP contribution in [-0.4, -0.2) is 23.0 Å². The molecule has 0 aliphatic rings. The fourth-order valence-electron chi connectivity index (χ4n) is 2.01. The molecule has 5 heteroatoms. The number of benzene rings is 1. The minimum Gasteiger partial charge on any atom is -0.493 e. The topological polar surface area (TPSA) is 60.1 Å². The minimum atomic E-state index is 0.574. The second-order valence-electron chi connectivity index (χ2n) is 4.81. The van der Waals surface area contributed by atoms with Crippen molar-refractivity contribution in [2.24, 2.45) is 7.05 Å². The Morgan fingerprint density at radius 2 is 1.81 bits per heavy atom. The SMILES string of the molecule is Cc1nn(C)c(C)c1OCCCOc1ccc(C#N)cc1. The fraction of sp³-hybridized carbons (Fsp3) is 0.375. The maximum Gasteiger partial charge on any atom is 0.162 e. The van der Waals surface area contributed by atoms with Gasteiger partial charge in [-0.15, -0.1) is 0 Å². The highest BCUT2D eigenvalue weighted by Crippen LogP contribution is 2.21. The maximum atomic E-state index is 8.72. The first kappa shape index (κ1) is 14.9. The largest absolute Gasteiger partial charge is 0.493 e. The molecule has 0 bridgehead atoms. The summed E-state index contributed by atoms with van der Waals surface area (Å²) in [6.07, 6.45) is 0.785. The van der Waals surface area contributed by atoms with Crippen LogP contribution in [-0.2, 0) is 7.05 Å². The summed E-state index contributed by atoms with van der Waals surface area (Å²) in [5.41, 5.74) is 2.57. The van der Waals surface area contributed by atoms with E-state index < -0.39 is 0 Å². The van der Waals surface area contributed by atoms with Crippen LogP contribution < -0.4 is 9.47 Å². The number of nitrogens with zero attached hydrogens (tertiary/aromatic N) is 3. The highest BCUT2D eigenvalue weighted by atomic mass is 16.5. The second kappa shape index (κ2) is 6.80. The van der Waals surface area contributed by atoms with E-state index in [0.717, 1.165) is 29.3 Å². The van der Waals surface area contributed by atoms with Gasteiger partial charge >= 0.3 is 0 Å². The van der Waals surface area contributed by atoms with E-state index >= 15 is 0 Å². The van der Waals surface area contributed by atoms with Crippen molar-refractivity contribution in [2.75, 3.05) is 13.2 Å². The summed E-state index contributed by atoms with van der Waals surface area (Å²) in [7, 11) is 1.91. The third-order valence-corrected chi connectivity index (χ3v) is 3.23. The van der Waals surface area contributed by atoms with Gasteiger partial charge < -0.3 is 9.47 Å². The lowest BCUT2D eigenvalue weighted by atomic mass is 10.2. The molecule has 2 rings (SSSR count). The molecule has 0 amide bonds. The number of hydrogen-bond acceptors (Lipinski definition) is 4. The first-order valence-corrected chi connectivity index (χ1v) is 6.87. The predicted molar refractivity (Wildman–Crippen MR) is 79.4 cm³/mol. The van der Waals surface area contributed by atoms with Gasteiger partial charge in [0, 0.05) is 13.5 Å². The van der Waals surface area contributed by atoms with Crippen LogP contribution in [0.5, 0.6) is 11.5 Å². The van der Waals surface area contributed by atoms with Crippen molar-refractivity contribution in [3.05, 3.63) is 41.2 Å². The van der Waals surface area contributed by atoms with Crippen LogP contribution >= 0.6 is 0 Å². The number of nitriles is 1. The average Bonchev–Trinajstić information content (AvgIpc) is 2.73. The molecule has 5 nitrogen and oxygen atoms in total. The van der Waals surface area contributed by atoms with Crippen LogP contribution in [0.3, 0.4) is 0 Å². The van der Waals surface area contributed by atoms with Crippen molar-refractivity contribution in [1.29, 1.82) is 5.26 Å². The Labute approximate surface area is 124 Å². The molecular formula is C16H19N3O2. The van der Waals surface area contributed by atoms with Crippen LogP contribution in [0.1, 0.15) is 23.4 Å². The molecule has 0 unspecified atom stereocenters. The zero-order valence-corrected chi connectivity index (χ0v) is 12.6. The van der Waals surface area contributed by atoms with Crippen molar-refractivity contribution in [2.45, 2.75) is 20.3 Å². The Hall–Kier alpha value is -2.48. The highest BCUT2D eigenvalue weighted by molar-refractivity contribution is 5.34. The molecular weight excluding hydrogens is 266 g/mol. The van der Waals surface area contributed by atoms with E-state index in [1.54, 1.807) is 24.3 Å². The quantitative estimate of drug-likeness (QED) is 0.766. The van der Waals surface area contributed by atoms with Crippen molar-refractivity contribution in [3.63, 3.8) is 0 Å². The second-order valence-corrected chi connectivity index (χ2v) is 4.81. The Kier molecular flexibility index (Phi) is 4.83. The van der Waals surface area contributed by atoms with E-state index in [4.69, 9.17) is 14.7 Å². The number of aromatic nitrogens is 2. The van der Waals surface area contributed by atoms with Gasteiger partial charge in [-0.05, 0) is 38.1 Å².